The Morgan fingerprint density at radius 3 is 2.12 bits per heavy atom. The number of hydrogen-bond acceptors (Lipinski definition) is 9. The van der Waals surface area contributed by atoms with E-state index in [-0.39, 0.29) is 6.42 Å². The summed E-state index contributed by atoms with van der Waals surface area (Å²) in [5.74, 6) is 2.68. The molecule has 6 aromatic rings. The molecule has 0 saturated heterocycles. The van der Waals surface area contributed by atoms with Crippen molar-refractivity contribution >= 4 is 34.1 Å². The fourth-order valence-corrected chi connectivity index (χ4v) is 8.75. The molecule has 0 aliphatic carbocycles. The maximum atomic E-state index is 13.6. The second-order valence-corrected chi connectivity index (χ2v) is 15.1. The molecule has 2 atom stereocenters. The van der Waals surface area contributed by atoms with Crippen molar-refractivity contribution in [3.63, 3.8) is 0 Å². The van der Waals surface area contributed by atoms with Crippen LogP contribution in [0.4, 0.5) is 22.7 Å². The number of para-hydroxylation sites is 5. The molecule has 0 N–H and O–H groups in total. The quantitative estimate of drug-likeness (QED) is 0.0943. The van der Waals surface area contributed by atoms with Gasteiger partial charge in [-0.15, -0.1) is 0 Å². The topological polar surface area (TPSA) is 100 Å². The predicted octanol–water partition coefficient (Wildman–Crippen LogP) is 11.6. The van der Waals surface area contributed by atoms with Crippen LogP contribution in [-0.4, -0.2) is 25.3 Å². The van der Waals surface area contributed by atoms with Crippen molar-refractivity contribution in [3.8, 4) is 34.3 Å². The highest BCUT2D eigenvalue weighted by Gasteiger charge is 2.50. The van der Waals surface area contributed by atoms with Crippen molar-refractivity contribution in [3.05, 3.63) is 144 Å². The Labute approximate surface area is 337 Å². The summed E-state index contributed by atoms with van der Waals surface area (Å²) in [6.45, 7) is 6.81. The summed E-state index contributed by atoms with van der Waals surface area (Å²) in [6, 6.07) is 35.9. The molecular weight excluding hydrogens is 733 g/mol. The molecule has 2 aliphatic rings. The highest BCUT2D eigenvalue weighted by molar-refractivity contribution is 7.74. The largest absolute Gasteiger partial charge is 0.750 e. The van der Waals surface area contributed by atoms with Gasteiger partial charge in [0.1, 0.15) is 0 Å². The Morgan fingerprint density at radius 1 is 0.702 bits per heavy atom. The molecular formula is C47H47N4O5S-. The van der Waals surface area contributed by atoms with Gasteiger partial charge in [0.05, 0.1) is 45.5 Å². The van der Waals surface area contributed by atoms with Crippen molar-refractivity contribution in [1.29, 1.82) is 0 Å². The monoisotopic (exact) mass is 779 g/mol. The molecule has 0 amide bonds. The van der Waals surface area contributed by atoms with Gasteiger partial charge in [-0.2, -0.15) is 0 Å². The molecule has 10 heteroatoms. The summed E-state index contributed by atoms with van der Waals surface area (Å²) in [6.07, 6.45) is 9.62. The van der Waals surface area contributed by atoms with Crippen molar-refractivity contribution < 1.29 is 22.4 Å². The number of pyridine rings is 2. The van der Waals surface area contributed by atoms with Gasteiger partial charge in [0.2, 0.25) is 5.72 Å². The zero-order valence-corrected chi connectivity index (χ0v) is 33.5. The molecule has 0 spiro atoms. The van der Waals surface area contributed by atoms with Crippen LogP contribution in [-0.2, 0) is 40.5 Å². The van der Waals surface area contributed by atoms with Crippen LogP contribution in [0.15, 0.2) is 122 Å². The number of anilines is 4. The third kappa shape index (κ3) is 7.41. The molecule has 2 unspecified atom stereocenters. The highest BCUT2D eigenvalue weighted by Crippen LogP contribution is 2.59. The number of aryl methyl sites for hydroxylation is 3. The number of unbranched alkanes of at least 4 members (excludes halogenated alkanes) is 1. The number of ether oxygens (including phenoxy) is 2. The lowest BCUT2D eigenvalue weighted by Gasteiger charge is -2.49. The van der Waals surface area contributed by atoms with E-state index in [0.717, 1.165) is 77.8 Å². The first-order chi connectivity index (χ1) is 28.0. The maximum absolute atomic E-state index is 13.6. The molecule has 0 radical (unpaired) electrons. The Kier molecular flexibility index (Phi) is 11.4. The molecule has 4 aromatic carbocycles. The Hall–Kier alpha value is -5.55. The van der Waals surface area contributed by atoms with Crippen molar-refractivity contribution in [2.45, 2.75) is 77.9 Å². The second kappa shape index (κ2) is 16.9. The first kappa shape index (κ1) is 38.3. The summed E-state index contributed by atoms with van der Waals surface area (Å²) in [5.41, 5.74) is 6.51. The summed E-state index contributed by atoms with van der Waals surface area (Å²) < 4.78 is 47.1. The van der Waals surface area contributed by atoms with Crippen LogP contribution >= 0.6 is 0 Å². The molecule has 2 aromatic heterocycles. The van der Waals surface area contributed by atoms with E-state index in [1.54, 1.807) is 12.4 Å². The van der Waals surface area contributed by atoms with Crippen molar-refractivity contribution in [1.82, 2.24) is 9.97 Å². The summed E-state index contributed by atoms with van der Waals surface area (Å²) in [7, 11) is 0. The van der Waals surface area contributed by atoms with E-state index in [4.69, 9.17) is 23.6 Å². The zero-order valence-electron chi connectivity index (χ0n) is 32.6. The number of hydrogen-bond donors (Lipinski definition) is 0. The van der Waals surface area contributed by atoms with Crippen LogP contribution in [0.2, 0.25) is 0 Å². The molecule has 0 bridgehead atoms. The number of aromatic nitrogens is 2. The fourth-order valence-electron chi connectivity index (χ4n) is 8.29. The summed E-state index contributed by atoms with van der Waals surface area (Å²) in [5, 5.41) is 0. The first-order valence-electron chi connectivity index (χ1n) is 20.0. The number of nitrogens with zero attached hydrogens (tertiary/aromatic N) is 4. The molecule has 0 saturated carbocycles. The minimum absolute atomic E-state index is 0.163. The van der Waals surface area contributed by atoms with E-state index >= 15 is 0 Å². The van der Waals surface area contributed by atoms with Crippen LogP contribution in [0.25, 0.3) is 11.3 Å². The summed E-state index contributed by atoms with van der Waals surface area (Å²) in [4.78, 5) is 14.2. The van der Waals surface area contributed by atoms with E-state index in [0.29, 0.717) is 53.0 Å². The van der Waals surface area contributed by atoms with Crippen LogP contribution < -0.4 is 19.3 Å². The third-order valence-electron chi connectivity index (χ3n) is 10.7. The Balaban J connectivity index is 1.45. The lowest BCUT2D eigenvalue weighted by Crippen LogP contribution is -2.50. The summed E-state index contributed by atoms with van der Waals surface area (Å²) >= 11 is -3.00. The van der Waals surface area contributed by atoms with Gasteiger partial charge in [0.25, 0.3) is 0 Å². The number of benzene rings is 4. The second-order valence-electron chi connectivity index (χ2n) is 14.5. The molecule has 8 rings (SSSR count). The smallest absolute Gasteiger partial charge is 0.205 e. The van der Waals surface area contributed by atoms with Gasteiger partial charge in [-0.25, -0.2) is 4.21 Å². The molecule has 57 heavy (non-hydrogen) atoms. The molecule has 292 valence electrons. The zero-order chi connectivity index (χ0) is 39.4. The standard InChI is InChI=1S/C47H48N4O5S/c1-4-7-18-34-19-15-29-49-46(34)47(56-57(52)53,27-30-50-38-22-8-10-24-41(38)54-42-25-11-9-23-39(42)50)51-40-32-33(16-5-2)31-35(17-6-3)45(40)55-43-26-14-20-36(44(43)51)37-21-12-13-28-48-37/h8-15,19-26,28-29,31-32H,4-7,16-18,27,30H2,1-3H3,(H,52,53)/p-1. The van der Waals surface area contributed by atoms with Gasteiger partial charge in [-0.3, -0.25) is 19.1 Å². The third-order valence-corrected chi connectivity index (χ3v) is 11.1. The Bertz CT molecular complexity index is 2350. The average Bonchev–Trinajstić information content (AvgIpc) is 3.23. The van der Waals surface area contributed by atoms with Gasteiger partial charge in [0, 0.05) is 30.9 Å². The fraction of sp³-hybridized carbons (Fsp3) is 0.277. The predicted molar refractivity (Wildman–Crippen MR) is 225 cm³/mol. The van der Waals surface area contributed by atoms with E-state index < -0.39 is 17.1 Å². The normalized spacial score (nSPS) is 14.3. The lowest BCUT2D eigenvalue weighted by molar-refractivity contribution is 0.0626. The first-order valence-corrected chi connectivity index (χ1v) is 21.0. The van der Waals surface area contributed by atoms with Crippen LogP contribution in [0.5, 0.6) is 23.0 Å². The molecule has 4 heterocycles. The minimum Gasteiger partial charge on any atom is -0.750 e. The van der Waals surface area contributed by atoms with Crippen LogP contribution in [0.1, 0.15) is 75.3 Å². The highest BCUT2D eigenvalue weighted by atomic mass is 32.2. The van der Waals surface area contributed by atoms with E-state index in [1.807, 2.05) is 97.1 Å². The minimum atomic E-state index is -3.00. The van der Waals surface area contributed by atoms with Crippen molar-refractivity contribution in [2.75, 3.05) is 16.3 Å². The Morgan fingerprint density at radius 2 is 1.42 bits per heavy atom. The van der Waals surface area contributed by atoms with E-state index in [2.05, 4.69) is 42.7 Å². The SMILES string of the molecule is CCCCc1cccnc1C(CCN1c2ccccc2Oc2ccccc21)(OS(=O)[O-])N1c2cc(CCC)cc(CCC)c2Oc2cccc(-c3ccccn3)c21. The van der Waals surface area contributed by atoms with Crippen molar-refractivity contribution in [2.24, 2.45) is 0 Å². The van der Waals surface area contributed by atoms with Crippen LogP contribution in [0, 0.1) is 0 Å². The average molecular weight is 780 g/mol. The molecule has 2 aliphatic heterocycles. The van der Waals surface area contributed by atoms with E-state index in [1.165, 1.54) is 0 Å². The molecule has 9 nitrogen and oxygen atoms in total. The van der Waals surface area contributed by atoms with Gasteiger partial charge >= 0.3 is 0 Å². The van der Waals surface area contributed by atoms with E-state index in [9.17, 15) is 8.76 Å². The number of rotatable bonds is 15. The van der Waals surface area contributed by atoms with Crippen LogP contribution in [0.3, 0.4) is 0 Å². The van der Waals surface area contributed by atoms with Gasteiger partial charge in [0.15, 0.2) is 23.0 Å². The van der Waals surface area contributed by atoms with Gasteiger partial charge in [-0.1, -0.05) is 94.6 Å². The lowest BCUT2D eigenvalue weighted by atomic mass is 9.90. The molecule has 0 fully saturated rings. The van der Waals surface area contributed by atoms with Gasteiger partial charge in [-0.05, 0) is 97.0 Å². The van der Waals surface area contributed by atoms with Gasteiger partial charge < -0.3 is 18.9 Å². The maximum Gasteiger partial charge on any atom is 0.205 e. The number of fused-ring (bicyclic) bond motifs is 4.